The third-order valence-electron chi connectivity index (χ3n) is 14.1. The zero-order valence-electron chi connectivity index (χ0n) is 48.7. The van der Waals surface area contributed by atoms with Gasteiger partial charge in [-0.25, -0.2) is 4.79 Å². The van der Waals surface area contributed by atoms with Crippen LogP contribution in [0.3, 0.4) is 0 Å². The molecular formula is C61H113N3O11S. The molecule has 0 unspecified atom stereocenters. The van der Waals surface area contributed by atoms with E-state index in [1.807, 2.05) is 0 Å². The van der Waals surface area contributed by atoms with Crippen LogP contribution in [0.15, 0.2) is 0 Å². The number of esters is 2. The first-order valence-corrected chi connectivity index (χ1v) is 32.3. The lowest BCUT2D eigenvalue weighted by atomic mass is 10.0. The second kappa shape index (κ2) is 55.0. The molecule has 444 valence electrons. The number of carboxylic acid groups (broad SMARTS) is 2. The van der Waals surface area contributed by atoms with E-state index in [1.165, 1.54) is 185 Å². The Morgan fingerprint density at radius 1 is 0.408 bits per heavy atom. The second-order valence-electron chi connectivity index (χ2n) is 21.5. The predicted molar refractivity (Wildman–Crippen MR) is 310 cm³/mol. The van der Waals surface area contributed by atoms with Crippen molar-refractivity contribution >= 4 is 53.4 Å². The average molecular weight is 1100 g/mol. The summed E-state index contributed by atoms with van der Waals surface area (Å²) in [6, 6.07) is -2.55. The molecule has 0 aliphatic carbocycles. The molecule has 0 aromatic rings. The molecule has 0 bridgehead atoms. The maximum atomic E-state index is 13.6. The fraction of sp³-hybridized carbons (Fsp3) is 0.885. The Labute approximate surface area is 466 Å². The Kier molecular flexibility index (Phi) is 52.5. The summed E-state index contributed by atoms with van der Waals surface area (Å²) in [7, 11) is 0. The summed E-state index contributed by atoms with van der Waals surface area (Å²) in [5.41, 5.74) is 0. The van der Waals surface area contributed by atoms with E-state index in [0.29, 0.717) is 12.8 Å². The Morgan fingerprint density at radius 3 is 1.14 bits per heavy atom. The summed E-state index contributed by atoms with van der Waals surface area (Å²) in [4.78, 5) is 88.3. The fourth-order valence-corrected chi connectivity index (χ4v) is 10.4. The number of nitrogens with one attached hydrogen (secondary N) is 3. The van der Waals surface area contributed by atoms with Crippen molar-refractivity contribution in [3.63, 3.8) is 0 Å². The van der Waals surface area contributed by atoms with Crippen LogP contribution in [0.4, 0.5) is 0 Å². The highest BCUT2D eigenvalue weighted by molar-refractivity contribution is 7.99. The summed E-state index contributed by atoms with van der Waals surface area (Å²) in [5, 5.41) is 26.0. The zero-order chi connectivity index (χ0) is 56.0. The van der Waals surface area contributed by atoms with E-state index >= 15 is 0 Å². The quantitative estimate of drug-likeness (QED) is 0.0284. The van der Waals surface area contributed by atoms with Crippen LogP contribution in [-0.2, 0) is 43.0 Å². The van der Waals surface area contributed by atoms with Gasteiger partial charge in [0.1, 0.15) is 24.8 Å². The van der Waals surface area contributed by atoms with Gasteiger partial charge in [0, 0.05) is 37.2 Å². The SMILES string of the molecule is CCCCCCCCCCCCCCCC(=O)N[C@@H](CSC[C@@H](COC(=O)CCCCCCCCCCCCCCC)OC(=O)CCCCCCCCCCCCCCC)C(=O)NCC(=O)N[C@@H](CCC(=O)O)C(=O)O. The van der Waals surface area contributed by atoms with Crippen LogP contribution in [0, 0.1) is 0 Å². The van der Waals surface area contributed by atoms with E-state index in [0.717, 1.165) is 64.2 Å². The molecule has 0 aliphatic heterocycles. The highest BCUT2D eigenvalue weighted by Gasteiger charge is 2.26. The van der Waals surface area contributed by atoms with Crippen LogP contribution in [0.5, 0.6) is 0 Å². The van der Waals surface area contributed by atoms with E-state index in [1.54, 1.807) is 0 Å². The highest BCUT2D eigenvalue weighted by atomic mass is 32.2. The van der Waals surface area contributed by atoms with E-state index in [9.17, 15) is 38.7 Å². The van der Waals surface area contributed by atoms with Crippen molar-refractivity contribution in [2.24, 2.45) is 0 Å². The lowest BCUT2D eigenvalue weighted by Crippen LogP contribution is -2.51. The molecule has 0 rings (SSSR count). The van der Waals surface area contributed by atoms with Crippen molar-refractivity contribution in [1.82, 2.24) is 16.0 Å². The predicted octanol–water partition coefficient (Wildman–Crippen LogP) is 14.7. The number of thioether (sulfide) groups is 1. The number of hydrogen-bond acceptors (Lipinski definition) is 10. The zero-order valence-corrected chi connectivity index (χ0v) is 49.5. The van der Waals surface area contributed by atoms with Crippen molar-refractivity contribution in [3.05, 3.63) is 0 Å². The lowest BCUT2D eigenvalue weighted by Gasteiger charge is -2.21. The number of aliphatic carboxylic acids is 2. The Hall–Kier alpha value is -3.36. The van der Waals surface area contributed by atoms with Crippen LogP contribution in [0.25, 0.3) is 0 Å². The molecule has 0 fully saturated rings. The summed E-state index contributed by atoms with van der Waals surface area (Å²) >= 11 is 1.25. The lowest BCUT2D eigenvalue weighted by molar-refractivity contribution is -0.157. The Balaban J connectivity index is 5.42. The van der Waals surface area contributed by atoms with Gasteiger partial charge in [-0.05, 0) is 25.7 Å². The largest absolute Gasteiger partial charge is 0.481 e. The van der Waals surface area contributed by atoms with Gasteiger partial charge in [0.2, 0.25) is 17.7 Å². The Morgan fingerprint density at radius 2 is 0.763 bits per heavy atom. The average Bonchev–Trinajstić information content (AvgIpc) is 3.39. The van der Waals surface area contributed by atoms with Gasteiger partial charge in [0.05, 0.1) is 6.54 Å². The molecule has 3 amide bonds. The van der Waals surface area contributed by atoms with E-state index < -0.39 is 54.9 Å². The van der Waals surface area contributed by atoms with Crippen molar-refractivity contribution in [2.75, 3.05) is 24.7 Å². The van der Waals surface area contributed by atoms with Gasteiger partial charge in [0.15, 0.2) is 0 Å². The number of amides is 3. The summed E-state index contributed by atoms with van der Waals surface area (Å²) < 4.78 is 11.6. The number of unbranched alkanes of at least 4 members (excludes halogenated alkanes) is 36. The van der Waals surface area contributed by atoms with Gasteiger partial charge in [-0.1, -0.05) is 252 Å². The monoisotopic (exact) mass is 1100 g/mol. The number of carboxylic acids is 2. The minimum Gasteiger partial charge on any atom is -0.481 e. The third-order valence-corrected chi connectivity index (χ3v) is 15.3. The third kappa shape index (κ3) is 50.2. The van der Waals surface area contributed by atoms with Gasteiger partial charge >= 0.3 is 23.9 Å². The first kappa shape index (κ1) is 72.6. The summed E-state index contributed by atoms with van der Waals surface area (Å²) in [5.74, 6) is -4.93. The van der Waals surface area contributed by atoms with E-state index in [4.69, 9.17) is 14.6 Å². The second-order valence-corrected chi connectivity index (χ2v) is 22.6. The number of carbonyl (C=O) groups excluding carboxylic acids is 5. The molecule has 0 spiro atoms. The minimum absolute atomic E-state index is 0.0496. The number of carbonyl (C=O) groups is 7. The summed E-state index contributed by atoms with van der Waals surface area (Å²) in [6.07, 6.45) is 45.3. The summed E-state index contributed by atoms with van der Waals surface area (Å²) in [6.45, 7) is 5.98. The topological polar surface area (TPSA) is 214 Å². The van der Waals surface area contributed by atoms with Gasteiger partial charge in [-0.2, -0.15) is 11.8 Å². The molecule has 0 aromatic heterocycles. The van der Waals surface area contributed by atoms with Crippen LogP contribution in [-0.4, -0.2) is 94.7 Å². The van der Waals surface area contributed by atoms with Crippen molar-refractivity contribution in [2.45, 2.75) is 321 Å². The molecule has 0 aromatic carbocycles. The fourth-order valence-electron chi connectivity index (χ4n) is 9.32. The van der Waals surface area contributed by atoms with Crippen molar-refractivity contribution in [3.8, 4) is 0 Å². The Bertz CT molecular complexity index is 1450. The van der Waals surface area contributed by atoms with Crippen LogP contribution in [0.1, 0.15) is 303 Å². The van der Waals surface area contributed by atoms with E-state index in [2.05, 4.69) is 36.7 Å². The molecule has 0 radical (unpaired) electrons. The first-order chi connectivity index (χ1) is 36.9. The molecule has 0 aliphatic rings. The van der Waals surface area contributed by atoms with Gasteiger partial charge in [-0.3, -0.25) is 28.8 Å². The standard InChI is InChI=1S/C61H113N3O11S/c1-4-7-10-13-16-19-22-25-28-31-34-37-40-43-55(65)64-54(60(71)62-48-56(66)63-53(61(72)73)46-47-57(67)68)51-76-50-52(75-59(70)45-42-39-36-33-30-27-24-21-18-15-12-9-6-3)49-74-58(69)44-41-38-35-32-29-26-23-20-17-14-11-8-5-2/h52-54H,4-51H2,1-3H3,(H,62,71)(H,63,66)(H,64,65)(H,67,68)(H,72,73)/t52-,53+,54+/m1/s1. The van der Waals surface area contributed by atoms with Crippen LogP contribution in [0.2, 0.25) is 0 Å². The highest BCUT2D eigenvalue weighted by Crippen LogP contribution is 2.18. The number of ether oxygens (including phenoxy) is 2. The van der Waals surface area contributed by atoms with Gasteiger partial charge in [0.25, 0.3) is 0 Å². The number of rotatable bonds is 58. The smallest absolute Gasteiger partial charge is 0.326 e. The van der Waals surface area contributed by atoms with Crippen molar-refractivity contribution in [1.29, 1.82) is 0 Å². The maximum Gasteiger partial charge on any atom is 0.326 e. The molecule has 3 atom stereocenters. The molecular weight excluding hydrogens is 983 g/mol. The molecule has 0 heterocycles. The molecule has 76 heavy (non-hydrogen) atoms. The van der Waals surface area contributed by atoms with Crippen LogP contribution < -0.4 is 16.0 Å². The molecule has 5 N–H and O–H groups in total. The van der Waals surface area contributed by atoms with Crippen molar-refractivity contribution < 1.29 is 53.2 Å². The molecule has 14 nitrogen and oxygen atoms in total. The molecule has 15 heteroatoms. The van der Waals surface area contributed by atoms with Gasteiger partial charge in [-0.15, -0.1) is 0 Å². The maximum absolute atomic E-state index is 13.6. The number of hydrogen-bond donors (Lipinski definition) is 5. The van der Waals surface area contributed by atoms with Crippen LogP contribution >= 0.6 is 11.8 Å². The first-order valence-electron chi connectivity index (χ1n) is 31.2. The van der Waals surface area contributed by atoms with E-state index in [-0.39, 0.29) is 61.6 Å². The molecule has 0 saturated heterocycles. The van der Waals surface area contributed by atoms with Gasteiger partial charge < -0.3 is 35.6 Å². The minimum atomic E-state index is -1.46. The molecule has 0 saturated carbocycles. The normalized spacial score (nSPS) is 12.4.